The number of carbonyl (C=O) groups excluding carboxylic acids is 2. The van der Waals surface area contributed by atoms with E-state index in [4.69, 9.17) is 11.6 Å². The molecule has 16 heavy (non-hydrogen) atoms. The van der Waals surface area contributed by atoms with Gasteiger partial charge in [-0.3, -0.25) is 9.59 Å². The van der Waals surface area contributed by atoms with Crippen LogP contribution in [0.1, 0.15) is 10.5 Å². The first kappa shape index (κ1) is 12.3. The third-order valence-electron chi connectivity index (χ3n) is 1.67. The van der Waals surface area contributed by atoms with Gasteiger partial charge < -0.3 is 15.2 Å². The summed E-state index contributed by atoms with van der Waals surface area (Å²) < 4.78 is 4.33. The smallest absolute Gasteiger partial charge is 0.325 e. The molecular weight excluding hydrogens is 236 g/mol. The number of aromatic nitrogens is 1. The van der Waals surface area contributed by atoms with E-state index in [1.54, 1.807) is 0 Å². The van der Waals surface area contributed by atoms with Crippen LogP contribution in [-0.2, 0) is 9.53 Å². The van der Waals surface area contributed by atoms with E-state index in [1.807, 2.05) is 0 Å². The first-order valence-electron chi connectivity index (χ1n) is 4.24. The molecule has 1 aromatic heterocycles. The number of nitrogens with zero attached hydrogens (tertiary/aromatic N) is 1. The molecule has 0 aliphatic carbocycles. The Balaban J connectivity index is 2.70. The van der Waals surface area contributed by atoms with Gasteiger partial charge in [-0.05, 0) is 0 Å². The first-order chi connectivity index (χ1) is 7.54. The standard InChI is InChI=1S/C9H9ClN2O4/c1-16-7(14)4-12-9(15)8-6(13)2-5(10)3-11-8/h2-3,13H,4H2,1H3,(H,12,15). The lowest BCUT2D eigenvalue weighted by atomic mass is 10.3. The van der Waals surface area contributed by atoms with Crippen LogP contribution >= 0.6 is 11.6 Å². The molecule has 2 N–H and O–H groups in total. The van der Waals surface area contributed by atoms with Crippen molar-refractivity contribution in [1.82, 2.24) is 10.3 Å². The van der Waals surface area contributed by atoms with Crippen LogP contribution in [0.2, 0.25) is 5.02 Å². The number of nitrogens with one attached hydrogen (secondary N) is 1. The Bertz CT molecular complexity index is 422. The van der Waals surface area contributed by atoms with Gasteiger partial charge in [0, 0.05) is 12.3 Å². The second-order valence-corrected chi connectivity index (χ2v) is 3.22. The fraction of sp³-hybridized carbons (Fsp3) is 0.222. The summed E-state index contributed by atoms with van der Waals surface area (Å²) >= 11 is 5.54. The van der Waals surface area contributed by atoms with Crippen molar-refractivity contribution in [3.8, 4) is 5.75 Å². The number of hydrogen-bond donors (Lipinski definition) is 2. The summed E-state index contributed by atoms with van der Waals surface area (Å²) in [7, 11) is 1.20. The molecule has 0 atom stereocenters. The van der Waals surface area contributed by atoms with E-state index in [9.17, 15) is 14.7 Å². The van der Waals surface area contributed by atoms with E-state index in [-0.39, 0.29) is 23.0 Å². The maximum absolute atomic E-state index is 11.4. The minimum Gasteiger partial charge on any atom is -0.505 e. The van der Waals surface area contributed by atoms with Crippen molar-refractivity contribution in [3.63, 3.8) is 0 Å². The SMILES string of the molecule is COC(=O)CNC(=O)c1ncc(Cl)cc1O. The first-order valence-corrected chi connectivity index (χ1v) is 4.62. The van der Waals surface area contributed by atoms with Gasteiger partial charge >= 0.3 is 5.97 Å². The predicted molar refractivity (Wildman–Crippen MR) is 55.3 cm³/mol. The van der Waals surface area contributed by atoms with Gasteiger partial charge in [0.05, 0.1) is 12.1 Å². The lowest BCUT2D eigenvalue weighted by Crippen LogP contribution is -2.30. The van der Waals surface area contributed by atoms with Gasteiger partial charge in [0.15, 0.2) is 5.69 Å². The second-order valence-electron chi connectivity index (χ2n) is 2.78. The molecule has 1 aromatic rings. The van der Waals surface area contributed by atoms with Crippen molar-refractivity contribution in [3.05, 3.63) is 23.0 Å². The second kappa shape index (κ2) is 5.32. The summed E-state index contributed by atoms with van der Waals surface area (Å²) in [5.74, 6) is -1.63. The number of ether oxygens (including phenoxy) is 1. The number of methoxy groups -OCH3 is 1. The van der Waals surface area contributed by atoms with E-state index in [1.165, 1.54) is 19.4 Å². The number of amides is 1. The maximum Gasteiger partial charge on any atom is 0.325 e. The van der Waals surface area contributed by atoms with Gasteiger partial charge in [0.25, 0.3) is 5.91 Å². The van der Waals surface area contributed by atoms with Crippen molar-refractivity contribution in [2.24, 2.45) is 0 Å². The van der Waals surface area contributed by atoms with Crippen molar-refractivity contribution < 1.29 is 19.4 Å². The van der Waals surface area contributed by atoms with Crippen LogP contribution in [-0.4, -0.2) is 35.6 Å². The van der Waals surface area contributed by atoms with Crippen LogP contribution < -0.4 is 5.32 Å². The van der Waals surface area contributed by atoms with Gasteiger partial charge in [-0.15, -0.1) is 0 Å². The number of hydrogen-bond acceptors (Lipinski definition) is 5. The van der Waals surface area contributed by atoms with Gasteiger partial charge in [0.1, 0.15) is 12.3 Å². The molecule has 0 aliphatic rings. The number of esters is 1. The Labute approximate surface area is 96.2 Å². The van der Waals surface area contributed by atoms with Crippen molar-refractivity contribution in [2.75, 3.05) is 13.7 Å². The maximum atomic E-state index is 11.4. The lowest BCUT2D eigenvalue weighted by Gasteiger charge is -2.04. The van der Waals surface area contributed by atoms with Crippen LogP contribution in [0.15, 0.2) is 12.3 Å². The minimum absolute atomic E-state index is 0.201. The quantitative estimate of drug-likeness (QED) is 0.749. The summed E-state index contributed by atoms with van der Waals surface area (Å²) in [4.78, 5) is 25.8. The van der Waals surface area contributed by atoms with Gasteiger partial charge in [-0.25, -0.2) is 4.98 Å². The largest absolute Gasteiger partial charge is 0.505 e. The molecule has 0 saturated heterocycles. The highest BCUT2D eigenvalue weighted by Gasteiger charge is 2.14. The molecule has 0 unspecified atom stereocenters. The number of aromatic hydroxyl groups is 1. The lowest BCUT2D eigenvalue weighted by molar-refractivity contribution is -0.139. The zero-order valence-corrected chi connectivity index (χ0v) is 9.11. The van der Waals surface area contributed by atoms with E-state index in [0.717, 1.165) is 0 Å². The highest BCUT2D eigenvalue weighted by atomic mass is 35.5. The molecule has 7 heteroatoms. The monoisotopic (exact) mass is 244 g/mol. The summed E-state index contributed by atoms with van der Waals surface area (Å²) in [6.45, 7) is -0.293. The van der Waals surface area contributed by atoms with E-state index >= 15 is 0 Å². The van der Waals surface area contributed by atoms with Gasteiger partial charge in [0.2, 0.25) is 0 Å². The Morgan fingerprint density at radius 3 is 2.88 bits per heavy atom. The van der Waals surface area contributed by atoms with Crippen LogP contribution in [0.4, 0.5) is 0 Å². The minimum atomic E-state index is -0.681. The third-order valence-corrected chi connectivity index (χ3v) is 1.88. The summed E-state index contributed by atoms with van der Waals surface area (Å²) in [5, 5.41) is 11.8. The molecule has 0 aromatic carbocycles. The molecule has 0 fully saturated rings. The van der Waals surface area contributed by atoms with Crippen LogP contribution in [0, 0.1) is 0 Å². The number of rotatable bonds is 3. The number of pyridine rings is 1. The van der Waals surface area contributed by atoms with Crippen molar-refractivity contribution >= 4 is 23.5 Å². The molecule has 0 radical (unpaired) electrons. The van der Waals surface area contributed by atoms with Crippen molar-refractivity contribution in [1.29, 1.82) is 0 Å². The van der Waals surface area contributed by atoms with Crippen molar-refractivity contribution in [2.45, 2.75) is 0 Å². The van der Waals surface area contributed by atoms with E-state index in [0.29, 0.717) is 0 Å². The van der Waals surface area contributed by atoms with Crippen LogP contribution in [0.5, 0.6) is 5.75 Å². The molecule has 1 heterocycles. The Hall–Kier alpha value is -1.82. The highest BCUT2D eigenvalue weighted by Crippen LogP contribution is 2.18. The molecular formula is C9H9ClN2O4. The Morgan fingerprint density at radius 2 is 2.31 bits per heavy atom. The van der Waals surface area contributed by atoms with E-state index in [2.05, 4.69) is 15.0 Å². The predicted octanol–water partition coefficient (Wildman–Crippen LogP) is 0.343. The molecule has 0 bridgehead atoms. The molecule has 0 saturated carbocycles. The fourth-order valence-corrected chi connectivity index (χ4v) is 1.06. The molecule has 6 nitrogen and oxygen atoms in total. The molecule has 86 valence electrons. The summed E-state index contributed by atoms with van der Waals surface area (Å²) in [5.41, 5.74) is -0.201. The summed E-state index contributed by atoms with van der Waals surface area (Å²) in [6.07, 6.45) is 1.22. The van der Waals surface area contributed by atoms with Gasteiger partial charge in [-0.2, -0.15) is 0 Å². The average molecular weight is 245 g/mol. The topological polar surface area (TPSA) is 88.5 Å². The molecule has 0 spiro atoms. The molecule has 0 aliphatic heterocycles. The zero-order chi connectivity index (χ0) is 12.1. The Kier molecular flexibility index (Phi) is 4.07. The van der Waals surface area contributed by atoms with Crippen LogP contribution in [0.25, 0.3) is 0 Å². The van der Waals surface area contributed by atoms with Crippen LogP contribution in [0.3, 0.4) is 0 Å². The fourth-order valence-electron chi connectivity index (χ4n) is 0.912. The number of halogens is 1. The van der Waals surface area contributed by atoms with E-state index < -0.39 is 11.9 Å². The van der Waals surface area contributed by atoms with Gasteiger partial charge in [-0.1, -0.05) is 11.6 Å². The highest BCUT2D eigenvalue weighted by molar-refractivity contribution is 6.30. The summed E-state index contributed by atoms with van der Waals surface area (Å²) in [6, 6.07) is 1.18. The average Bonchev–Trinajstić information content (AvgIpc) is 2.25. The number of carbonyl (C=O) groups is 2. The zero-order valence-electron chi connectivity index (χ0n) is 8.36. The third kappa shape index (κ3) is 3.09. The Morgan fingerprint density at radius 1 is 1.62 bits per heavy atom. The normalized spacial score (nSPS) is 9.62. The molecule has 1 rings (SSSR count). The molecule has 1 amide bonds.